The van der Waals surface area contributed by atoms with Gasteiger partial charge < -0.3 is 18.9 Å². The van der Waals surface area contributed by atoms with Gasteiger partial charge in [0.05, 0.1) is 18.7 Å². The molecule has 1 aliphatic heterocycles. The Morgan fingerprint density at radius 2 is 1.94 bits per heavy atom. The van der Waals surface area contributed by atoms with Gasteiger partial charge in [0.2, 0.25) is 0 Å². The molecule has 1 amide bonds. The van der Waals surface area contributed by atoms with E-state index in [1.807, 2.05) is 25.7 Å². The Labute approximate surface area is 222 Å². The molecule has 0 spiro atoms. The number of ether oxygens (including phenoxy) is 2. The Morgan fingerprint density at radius 1 is 1.23 bits per heavy atom. The van der Waals surface area contributed by atoms with E-state index in [0.29, 0.717) is 34.4 Å². The minimum absolute atomic E-state index is 0.0224. The van der Waals surface area contributed by atoms with E-state index >= 15 is 0 Å². The summed E-state index contributed by atoms with van der Waals surface area (Å²) in [7, 11) is 1.60. The summed E-state index contributed by atoms with van der Waals surface area (Å²) < 4.78 is 13.3. The monoisotopic (exact) mass is 537 g/mol. The lowest BCUT2D eigenvalue weighted by atomic mass is 9.95. The van der Waals surface area contributed by atoms with E-state index in [0.717, 1.165) is 24.1 Å². The van der Waals surface area contributed by atoms with Gasteiger partial charge in [-0.15, -0.1) is 11.3 Å². The Morgan fingerprint density at radius 3 is 2.57 bits per heavy atom. The first-order valence-electron chi connectivity index (χ1n) is 11.9. The molecule has 1 atom stereocenters. The highest BCUT2D eigenvalue weighted by molar-refractivity contribution is 7.80. The van der Waals surface area contributed by atoms with Crippen LogP contribution in [0, 0.1) is 0 Å². The fourth-order valence-corrected chi connectivity index (χ4v) is 5.46. The lowest BCUT2D eigenvalue weighted by Crippen LogP contribution is -2.48. The van der Waals surface area contributed by atoms with Crippen molar-refractivity contribution in [3.05, 3.63) is 44.7 Å². The average molecular weight is 538 g/mol. The molecule has 0 radical (unpaired) electrons. The van der Waals surface area contributed by atoms with E-state index in [4.69, 9.17) is 38.3 Å². The third-order valence-corrected chi connectivity index (χ3v) is 7.70. The van der Waals surface area contributed by atoms with Crippen LogP contribution in [0.5, 0.6) is 5.75 Å². The van der Waals surface area contributed by atoms with Gasteiger partial charge >= 0.3 is 6.09 Å². The maximum atomic E-state index is 13.0. The lowest BCUT2D eigenvalue weighted by molar-refractivity contribution is 0.00771. The van der Waals surface area contributed by atoms with Gasteiger partial charge in [-0.1, -0.05) is 44.6 Å². The lowest BCUT2D eigenvalue weighted by Gasteiger charge is -2.37. The predicted molar refractivity (Wildman–Crippen MR) is 147 cm³/mol. The number of methoxy groups -OCH3 is 1. The summed E-state index contributed by atoms with van der Waals surface area (Å²) >= 11 is 13.6. The van der Waals surface area contributed by atoms with Crippen LogP contribution < -0.4 is 9.54 Å². The maximum Gasteiger partial charge on any atom is 0.410 e. The molecule has 1 aromatic heterocycles. The first kappa shape index (κ1) is 27.7. The summed E-state index contributed by atoms with van der Waals surface area (Å²) in [5.41, 5.74) is 0.101. The molecule has 0 aliphatic carbocycles. The van der Waals surface area contributed by atoms with Gasteiger partial charge in [-0.3, -0.25) is 0 Å². The number of hydrogen-bond acceptors (Lipinski definition) is 5. The van der Waals surface area contributed by atoms with E-state index in [1.54, 1.807) is 36.6 Å². The molecule has 2 heterocycles. The summed E-state index contributed by atoms with van der Waals surface area (Å²) in [6, 6.07) is 5.36. The van der Waals surface area contributed by atoms with Crippen LogP contribution in [0.15, 0.2) is 29.4 Å². The van der Waals surface area contributed by atoms with Crippen LogP contribution in [0.1, 0.15) is 71.2 Å². The first-order valence-corrected chi connectivity index (χ1v) is 13.5. The minimum atomic E-state index is -0.531. The molecule has 0 saturated carbocycles. The second-order valence-electron chi connectivity index (χ2n) is 10.9. The maximum absolute atomic E-state index is 13.0. The molecule has 1 aromatic carbocycles. The number of hydrogen-bond donors (Lipinski definition) is 0. The van der Waals surface area contributed by atoms with Crippen molar-refractivity contribution in [2.24, 2.45) is 4.99 Å². The Bertz CT molecular complexity index is 1140. The summed E-state index contributed by atoms with van der Waals surface area (Å²) in [5.74, 6) is 0.630. The van der Waals surface area contributed by atoms with Crippen LogP contribution in [0.25, 0.3) is 0 Å². The van der Waals surface area contributed by atoms with Crippen LogP contribution in [0.4, 0.5) is 4.79 Å². The highest BCUT2D eigenvalue weighted by atomic mass is 35.5. The number of aromatic nitrogens is 1. The molecule has 9 heteroatoms. The summed E-state index contributed by atoms with van der Waals surface area (Å²) in [6.45, 7) is 13.6. The number of rotatable bonds is 4. The zero-order valence-corrected chi connectivity index (χ0v) is 24.1. The van der Waals surface area contributed by atoms with E-state index in [2.05, 4.69) is 31.5 Å². The van der Waals surface area contributed by atoms with Crippen LogP contribution in [-0.2, 0) is 16.7 Å². The second-order valence-corrected chi connectivity index (χ2v) is 12.7. The van der Waals surface area contributed by atoms with E-state index in [-0.39, 0.29) is 17.6 Å². The van der Waals surface area contributed by atoms with Crippen molar-refractivity contribution in [2.45, 2.75) is 84.4 Å². The number of carbonyl (C=O) groups excluding carboxylic acids is 1. The normalized spacial score (nSPS) is 17.4. The van der Waals surface area contributed by atoms with Crippen molar-refractivity contribution < 1.29 is 14.3 Å². The average Bonchev–Trinajstić information content (AvgIpc) is 3.15. The number of likely N-dealkylation sites (tertiary alicyclic amines) is 1. The Balaban J connectivity index is 1.99. The zero-order valence-electron chi connectivity index (χ0n) is 21.7. The number of carbonyl (C=O) groups is 1. The third-order valence-electron chi connectivity index (χ3n) is 5.71. The van der Waals surface area contributed by atoms with Crippen molar-refractivity contribution in [3.8, 4) is 5.75 Å². The molecular weight excluding hydrogens is 502 g/mol. The van der Waals surface area contributed by atoms with Gasteiger partial charge in [0.1, 0.15) is 16.3 Å². The molecule has 0 bridgehead atoms. The third kappa shape index (κ3) is 7.30. The largest absolute Gasteiger partial charge is 0.496 e. The fourth-order valence-electron chi connectivity index (χ4n) is 3.92. The molecule has 35 heavy (non-hydrogen) atoms. The molecule has 192 valence electrons. The SMILES string of the molecule is COc1ccc(Cl)cc1C(=S)N=c1sc(C(C)(C)C)cn1C[C@H]1CCCCN1C(=O)OC(C)(C)C. The van der Waals surface area contributed by atoms with Crippen molar-refractivity contribution in [3.63, 3.8) is 0 Å². The van der Waals surface area contributed by atoms with E-state index < -0.39 is 5.60 Å². The highest BCUT2D eigenvalue weighted by Gasteiger charge is 2.31. The first-order chi connectivity index (χ1) is 16.3. The molecule has 1 aliphatic rings. The predicted octanol–water partition coefficient (Wildman–Crippen LogP) is 6.58. The summed E-state index contributed by atoms with van der Waals surface area (Å²) in [6.07, 6.45) is 4.85. The molecule has 1 fully saturated rings. The van der Waals surface area contributed by atoms with Crippen molar-refractivity contribution >= 4 is 46.2 Å². The number of piperidine rings is 1. The zero-order chi connectivity index (χ0) is 26.0. The second kappa shape index (κ2) is 11.0. The van der Waals surface area contributed by atoms with Gasteiger partial charge in [0, 0.05) is 29.2 Å². The van der Waals surface area contributed by atoms with Gasteiger partial charge in [-0.05, 0) is 63.6 Å². The van der Waals surface area contributed by atoms with Crippen molar-refractivity contribution in [1.82, 2.24) is 9.47 Å². The van der Waals surface area contributed by atoms with Crippen LogP contribution in [-0.4, -0.2) is 45.8 Å². The summed E-state index contributed by atoms with van der Waals surface area (Å²) in [5, 5.41) is 0.572. The molecule has 0 unspecified atom stereocenters. The minimum Gasteiger partial charge on any atom is -0.496 e. The summed E-state index contributed by atoms with van der Waals surface area (Å²) in [4.78, 5) is 22.1. The molecular formula is C26H36ClN3O3S2. The van der Waals surface area contributed by atoms with Gasteiger partial charge in [0.25, 0.3) is 0 Å². The standard InChI is InChI=1S/C26H36ClN3O3S2/c1-25(2,3)21-16-29(15-18-10-8-9-13-30(18)24(31)33-26(4,5)6)23(35-21)28-22(34)19-14-17(27)11-12-20(19)32-7/h11-12,14,16,18H,8-10,13,15H2,1-7H3/t18-/m1/s1. The quantitative estimate of drug-likeness (QED) is 0.413. The van der Waals surface area contributed by atoms with E-state index in [1.165, 1.54) is 4.88 Å². The smallest absolute Gasteiger partial charge is 0.410 e. The van der Waals surface area contributed by atoms with Gasteiger partial charge in [0.15, 0.2) is 4.80 Å². The fraction of sp³-hybridized carbons (Fsp3) is 0.577. The number of halogens is 1. The Hall–Kier alpha value is -1.90. The van der Waals surface area contributed by atoms with Gasteiger partial charge in [-0.25, -0.2) is 9.79 Å². The van der Waals surface area contributed by atoms with Crippen LogP contribution in [0.3, 0.4) is 0 Å². The molecule has 0 N–H and O–H groups in total. The molecule has 6 nitrogen and oxygen atoms in total. The van der Waals surface area contributed by atoms with Crippen LogP contribution >= 0.6 is 35.2 Å². The van der Waals surface area contributed by atoms with E-state index in [9.17, 15) is 4.79 Å². The topological polar surface area (TPSA) is 56.1 Å². The molecule has 1 saturated heterocycles. The van der Waals surface area contributed by atoms with Gasteiger partial charge in [-0.2, -0.15) is 0 Å². The number of thiocarbonyl (C=S) groups is 1. The Kier molecular flexibility index (Phi) is 8.71. The number of amides is 1. The number of nitrogens with zero attached hydrogens (tertiary/aromatic N) is 3. The molecule has 3 rings (SSSR count). The highest BCUT2D eigenvalue weighted by Crippen LogP contribution is 2.27. The number of thiazole rings is 1. The molecule has 2 aromatic rings. The van der Waals surface area contributed by atoms with Crippen molar-refractivity contribution in [2.75, 3.05) is 13.7 Å². The van der Waals surface area contributed by atoms with Crippen LogP contribution in [0.2, 0.25) is 5.02 Å². The van der Waals surface area contributed by atoms with Crippen molar-refractivity contribution in [1.29, 1.82) is 0 Å². The number of benzene rings is 1.